The molecular formula is C28H29N5O3. The van der Waals surface area contributed by atoms with Gasteiger partial charge in [0.2, 0.25) is 0 Å². The fraction of sp³-hybridized carbons (Fsp3) is 0.250. The van der Waals surface area contributed by atoms with E-state index in [1.807, 2.05) is 61.0 Å². The van der Waals surface area contributed by atoms with E-state index in [0.717, 1.165) is 41.3 Å². The van der Waals surface area contributed by atoms with Gasteiger partial charge in [-0.3, -0.25) is 4.79 Å². The van der Waals surface area contributed by atoms with E-state index in [1.54, 1.807) is 31.4 Å². The minimum atomic E-state index is -0.491. The van der Waals surface area contributed by atoms with Crippen LogP contribution in [-0.2, 0) is 17.9 Å². The third kappa shape index (κ3) is 5.26. The number of nitrogens with zero attached hydrogens (tertiary/aromatic N) is 4. The van der Waals surface area contributed by atoms with Crippen molar-refractivity contribution in [1.82, 2.24) is 14.0 Å². The van der Waals surface area contributed by atoms with Gasteiger partial charge in [-0.05, 0) is 62.2 Å². The number of nitriles is 1. The molecule has 3 heterocycles. The van der Waals surface area contributed by atoms with Crippen LogP contribution in [0.5, 0.6) is 11.5 Å². The van der Waals surface area contributed by atoms with E-state index in [-0.39, 0.29) is 12.2 Å². The Morgan fingerprint density at radius 2 is 2.03 bits per heavy atom. The molecule has 8 nitrogen and oxygen atoms in total. The van der Waals surface area contributed by atoms with Crippen molar-refractivity contribution in [3.8, 4) is 17.6 Å². The summed E-state index contributed by atoms with van der Waals surface area (Å²) >= 11 is 0. The predicted molar refractivity (Wildman–Crippen MR) is 139 cm³/mol. The molecule has 0 saturated heterocycles. The summed E-state index contributed by atoms with van der Waals surface area (Å²) < 4.78 is 15.5. The van der Waals surface area contributed by atoms with E-state index < -0.39 is 5.91 Å². The normalized spacial score (nSPS) is 11.4. The molecule has 0 radical (unpaired) electrons. The molecule has 4 aromatic rings. The number of aromatic nitrogens is 3. The Kier molecular flexibility index (Phi) is 7.40. The van der Waals surface area contributed by atoms with Crippen LogP contribution < -0.4 is 14.8 Å². The van der Waals surface area contributed by atoms with Crippen LogP contribution in [0.3, 0.4) is 0 Å². The molecule has 1 amide bonds. The molecule has 0 fully saturated rings. The SMILES string of the molecule is CCCn1c(C)cc(/C=C(\C#N)C(=O)Nc2ccc(OC)c(OCc3cn4ccccc4n3)c2)c1C. The third-order valence-electron chi connectivity index (χ3n) is 5.94. The number of nitrogens with one attached hydrogen (secondary N) is 1. The molecule has 0 aliphatic carbocycles. The number of carbonyl (C=O) groups is 1. The van der Waals surface area contributed by atoms with Gasteiger partial charge in [-0.25, -0.2) is 4.98 Å². The Bertz CT molecular complexity index is 1440. The van der Waals surface area contributed by atoms with Crippen LogP contribution in [0.2, 0.25) is 0 Å². The van der Waals surface area contributed by atoms with Gasteiger partial charge in [0, 0.05) is 42.1 Å². The number of rotatable bonds is 9. The van der Waals surface area contributed by atoms with Crippen LogP contribution in [0.4, 0.5) is 5.69 Å². The Hall–Kier alpha value is -4.51. The molecule has 0 aliphatic rings. The fourth-order valence-corrected chi connectivity index (χ4v) is 4.12. The second-order valence-corrected chi connectivity index (χ2v) is 8.45. The summed E-state index contributed by atoms with van der Waals surface area (Å²) in [5.41, 5.74) is 5.09. The molecule has 1 aromatic carbocycles. The van der Waals surface area contributed by atoms with E-state index in [4.69, 9.17) is 9.47 Å². The van der Waals surface area contributed by atoms with Crippen molar-refractivity contribution in [3.63, 3.8) is 0 Å². The average molecular weight is 484 g/mol. The molecule has 8 heteroatoms. The number of benzene rings is 1. The molecule has 0 saturated carbocycles. The van der Waals surface area contributed by atoms with Crippen LogP contribution in [0, 0.1) is 25.2 Å². The third-order valence-corrected chi connectivity index (χ3v) is 5.94. The molecule has 0 aliphatic heterocycles. The summed E-state index contributed by atoms with van der Waals surface area (Å²) in [6.45, 7) is 7.26. The number of imidazole rings is 1. The van der Waals surface area contributed by atoms with E-state index in [9.17, 15) is 10.1 Å². The van der Waals surface area contributed by atoms with Gasteiger partial charge in [0.1, 0.15) is 23.9 Å². The summed E-state index contributed by atoms with van der Waals surface area (Å²) in [7, 11) is 1.55. The van der Waals surface area contributed by atoms with Crippen molar-refractivity contribution >= 4 is 23.3 Å². The van der Waals surface area contributed by atoms with E-state index >= 15 is 0 Å². The number of fused-ring (bicyclic) bond motifs is 1. The number of carbonyl (C=O) groups excluding carboxylic acids is 1. The second-order valence-electron chi connectivity index (χ2n) is 8.45. The van der Waals surface area contributed by atoms with Crippen molar-refractivity contribution in [1.29, 1.82) is 5.26 Å². The van der Waals surface area contributed by atoms with Gasteiger partial charge in [-0.15, -0.1) is 0 Å². The largest absolute Gasteiger partial charge is 0.493 e. The lowest BCUT2D eigenvalue weighted by Gasteiger charge is -2.12. The first-order valence-corrected chi connectivity index (χ1v) is 11.8. The number of ether oxygens (including phenoxy) is 2. The number of hydrogen-bond donors (Lipinski definition) is 1. The zero-order valence-electron chi connectivity index (χ0n) is 20.9. The summed E-state index contributed by atoms with van der Waals surface area (Å²) in [6.07, 6.45) is 6.46. The van der Waals surface area contributed by atoms with Crippen LogP contribution >= 0.6 is 0 Å². The summed E-state index contributed by atoms with van der Waals surface area (Å²) in [5, 5.41) is 12.5. The maximum Gasteiger partial charge on any atom is 0.266 e. The van der Waals surface area contributed by atoms with Gasteiger partial charge in [0.05, 0.1) is 12.8 Å². The van der Waals surface area contributed by atoms with E-state index in [0.29, 0.717) is 17.2 Å². The van der Waals surface area contributed by atoms with Crippen molar-refractivity contribution < 1.29 is 14.3 Å². The van der Waals surface area contributed by atoms with Gasteiger partial charge in [0.15, 0.2) is 11.5 Å². The summed E-state index contributed by atoms with van der Waals surface area (Å²) in [6, 6.07) is 14.9. The Morgan fingerprint density at radius 1 is 1.19 bits per heavy atom. The maximum atomic E-state index is 12.9. The maximum absolute atomic E-state index is 12.9. The van der Waals surface area contributed by atoms with Gasteiger partial charge in [-0.1, -0.05) is 13.0 Å². The summed E-state index contributed by atoms with van der Waals surface area (Å²) in [5.74, 6) is 0.489. The smallest absolute Gasteiger partial charge is 0.266 e. The number of methoxy groups -OCH3 is 1. The molecular weight excluding hydrogens is 454 g/mol. The van der Waals surface area contributed by atoms with Crippen molar-refractivity contribution in [3.05, 3.63) is 83.1 Å². The standard InChI is InChI=1S/C28H29N5O3/c1-5-11-33-19(2)13-21(20(33)3)14-22(16-29)28(34)31-23-9-10-25(35-4)26(15-23)36-18-24-17-32-12-7-6-8-27(32)30-24/h6-10,12-15,17H,5,11,18H2,1-4H3,(H,31,34)/b22-14+. The molecule has 0 bridgehead atoms. The lowest BCUT2D eigenvalue weighted by Crippen LogP contribution is -2.13. The fourth-order valence-electron chi connectivity index (χ4n) is 4.12. The van der Waals surface area contributed by atoms with Crippen LogP contribution in [0.1, 0.15) is 36.0 Å². The van der Waals surface area contributed by atoms with E-state index in [1.165, 1.54) is 0 Å². The number of amides is 1. The molecule has 0 unspecified atom stereocenters. The Morgan fingerprint density at radius 3 is 2.75 bits per heavy atom. The minimum absolute atomic E-state index is 0.0229. The van der Waals surface area contributed by atoms with Crippen molar-refractivity contribution in [2.75, 3.05) is 12.4 Å². The van der Waals surface area contributed by atoms with Gasteiger partial charge >= 0.3 is 0 Å². The lowest BCUT2D eigenvalue weighted by atomic mass is 10.1. The minimum Gasteiger partial charge on any atom is -0.493 e. The Balaban J connectivity index is 1.51. The van der Waals surface area contributed by atoms with E-state index in [2.05, 4.69) is 21.8 Å². The zero-order valence-corrected chi connectivity index (χ0v) is 20.9. The molecule has 184 valence electrons. The molecule has 0 spiro atoms. The topological polar surface area (TPSA) is 93.6 Å². The number of aryl methyl sites for hydroxylation is 1. The molecule has 4 rings (SSSR count). The molecule has 36 heavy (non-hydrogen) atoms. The number of hydrogen-bond acceptors (Lipinski definition) is 5. The first-order chi connectivity index (χ1) is 17.4. The van der Waals surface area contributed by atoms with Crippen molar-refractivity contribution in [2.24, 2.45) is 0 Å². The molecule has 0 atom stereocenters. The van der Waals surface area contributed by atoms with Crippen LogP contribution in [0.25, 0.3) is 11.7 Å². The second kappa shape index (κ2) is 10.8. The number of pyridine rings is 1. The zero-order chi connectivity index (χ0) is 25.7. The monoisotopic (exact) mass is 483 g/mol. The van der Waals surface area contributed by atoms with Gasteiger partial charge in [-0.2, -0.15) is 5.26 Å². The molecule has 3 aromatic heterocycles. The first-order valence-electron chi connectivity index (χ1n) is 11.8. The highest BCUT2D eigenvalue weighted by atomic mass is 16.5. The quantitative estimate of drug-likeness (QED) is 0.258. The van der Waals surface area contributed by atoms with Crippen molar-refractivity contribution in [2.45, 2.75) is 40.3 Å². The van der Waals surface area contributed by atoms with Crippen LogP contribution in [-0.4, -0.2) is 27.0 Å². The highest BCUT2D eigenvalue weighted by molar-refractivity contribution is 6.09. The average Bonchev–Trinajstić information content (AvgIpc) is 3.41. The summed E-state index contributed by atoms with van der Waals surface area (Å²) in [4.78, 5) is 17.5. The predicted octanol–water partition coefficient (Wildman–Crippen LogP) is 5.30. The highest BCUT2D eigenvalue weighted by Gasteiger charge is 2.15. The first kappa shape index (κ1) is 24.6. The van der Waals surface area contributed by atoms with Gasteiger partial charge in [0.25, 0.3) is 5.91 Å². The lowest BCUT2D eigenvalue weighted by molar-refractivity contribution is -0.112. The molecule has 1 N–H and O–H groups in total. The van der Waals surface area contributed by atoms with Gasteiger partial charge < -0.3 is 23.8 Å². The highest BCUT2D eigenvalue weighted by Crippen LogP contribution is 2.31. The Labute approximate surface area is 210 Å². The number of anilines is 1. The van der Waals surface area contributed by atoms with Crippen LogP contribution in [0.15, 0.2) is 60.4 Å².